The van der Waals surface area contributed by atoms with Gasteiger partial charge in [-0.2, -0.15) is 9.35 Å². The van der Waals surface area contributed by atoms with E-state index in [1.807, 2.05) is 11.0 Å². The van der Waals surface area contributed by atoms with Crippen molar-refractivity contribution in [2.45, 2.75) is 17.7 Å². The normalized spacial score (nSPS) is 18.7. The third-order valence-corrected chi connectivity index (χ3v) is 6.62. The van der Waals surface area contributed by atoms with Crippen LogP contribution in [0.4, 0.5) is 11.8 Å². The molecule has 2 aliphatic heterocycles. The smallest absolute Gasteiger partial charge is 0.228 e. The number of nitrogens with zero attached hydrogens (tertiary/aromatic N) is 6. The zero-order valence-electron chi connectivity index (χ0n) is 16.2. The molecule has 0 saturated carbocycles. The molecule has 0 N–H and O–H groups in total. The average Bonchev–Trinajstić information content (AvgIpc) is 3.08. The van der Waals surface area contributed by atoms with Gasteiger partial charge in [0.25, 0.3) is 0 Å². The third-order valence-electron chi connectivity index (χ3n) is 4.56. The van der Waals surface area contributed by atoms with Crippen LogP contribution in [0, 0.1) is 12.3 Å². The number of aryl methyl sites for hydroxylation is 1. The third kappa shape index (κ3) is 4.21. The Balaban J connectivity index is 1.64. The summed E-state index contributed by atoms with van der Waals surface area (Å²) in [6.07, 6.45) is 15.1. The van der Waals surface area contributed by atoms with Crippen molar-refractivity contribution >= 4 is 37.9 Å². The molecule has 29 heavy (non-hydrogen) atoms. The van der Waals surface area contributed by atoms with Gasteiger partial charge in [-0.15, -0.1) is 6.42 Å². The zero-order valence-corrected chi connectivity index (χ0v) is 17.8. The van der Waals surface area contributed by atoms with Crippen molar-refractivity contribution < 1.29 is 8.42 Å². The standard InChI is InChI=1S/C19H20N6O2S2/c1-4-13-11-20-17(21-12-13)14-5-8-25(9-6-14)19-22-15-7-10-28(26)16(15)18(23-19)24-29(2,3)27/h1,5,11-12H,6-10H2,2-3H3. The quantitative estimate of drug-likeness (QED) is 0.684. The maximum absolute atomic E-state index is 12.3. The minimum atomic E-state index is -2.43. The van der Waals surface area contributed by atoms with Gasteiger partial charge in [-0.3, -0.25) is 4.21 Å². The summed E-state index contributed by atoms with van der Waals surface area (Å²) in [7, 11) is -3.63. The fraction of sp³-hybridized carbons (Fsp3) is 0.368. The van der Waals surface area contributed by atoms with E-state index in [4.69, 9.17) is 6.42 Å². The summed E-state index contributed by atoms with van der Waals surface area (Å²) in [5.41, 5.74) is 2.43. The van der Waals surface area contributed by atoms with E-state index in [-0.39, 0.29) is 0 Å². The van der Waals surface area contributed by atoms with Crippen LogP contribution in [0.3, 0.4) is 0 Å². The van der Waals surface area contributed by atoms with Gasteiger partial charge in [-0.25, -0.2) is 19.2 Å². The summed E-state index contributed by atoms with van der Waals surface area (Å²) in [4.78, 5) is 20.3. The highest BCUT2D eigenvalue weighted by atomic mass is 32.2. The fourth-order valence-electron chi connectivity index (χ4n) is 3.20. The second-order valence-electron chi connectivity index (χ2n) is 7.06. The Labute approximate surface area is 172 Å². The van der Waals surface area contributed by atoms with E-state index < -0.39 is 20.5 Å². The predicted molar refractivity (Wildman–Crippen MR) is 114 cm³/mol. The summed E-state index contributed by atoms with van der Waals surface area (Å²) in [5, 5.41) is 0. The lowest BCUT2D eigenvalue weighted by atomic mass is 10.1. The number of aromatic nitrogens is 4. The van der Waals surface area contributed by atoms with Crippen molar-refractivity contribution in [3.05, 3.63) is 35.6 Å². The first kappa shape index (κ1) is 19.7. The van der Waals surface area contributed by atoms with Gasteiger partial charge in [-0.05, 0) is 12.0 Å². The number of terminal acetylenes is 1. The Kier molecular flexibility index (Phi) is 5.19. The van der Waals surface area contributed by atoms with Crippen molar-refractivity contribution in [1.29, 1.82) is 0 Å². The lowest BCUT2D eigenvalue weighted by Gasteiger charge is -2.26. The summed E-state index contributed by atoms with van der Waals surface area (Å²) in [6.45, 7) is 1.27. The maximum atomic E-state index is 12.3. The van der Waals surface area contributed by atoms with Gasteiger partial charge in [0.2, 0.25) is 5.95 Å². The molecule has 0 fully saturated rings. The number of rotatable bonds is 3. The Morgan fingerprint density at radius 3 is 2.62 bits per heavy atom. The van der Waals surface area contributed by atoms with Gasteiger partial charge in [0, 0.05) is 59.9 Å². The Morgan fingerprint density at radius 2 is 2.00 bits per heavy atom. The van der Waals surface area contributed by atoms with Crippen LogP contribution in [0.5, 0.6) is 0 Å². The molecule has 8 nitrogen and oxygen atoms in total. The lowest BCUT2D eigenvalue weighted by molar-refractivity contribution is 0.684. The topological polar surface area (TPSA) is 101 Å². The second-order valence-corrected chi connectivity index (χ2v) is 11.1. The van der Waals surface area contributed by atoms with Gasteiger partial charge in [0.15, 0.2) is 11.6 Å². The van der Waals surface area contributed by atoms with Crippen LogP contribution in [-0.4, -0.2) is 59.7 Å². The van der Waals surface area contributed by atoms with Crippen LogP contribution in [0.2, 0.25) is 0 Å². The van der Waals surface area contributed by atoms with Gasteiger partial charge >= 0.3 is 0 Å². The molecular formula is C19H20N6O2S2. The molecule has 0 saturated heterocycles. The van der Waals surface area contributed by atoms with Crippen LogP contribution in [0.1, 0.15) is 23.5 Å². The molecule has 0 amide bonds. The van der Waals surface area contributed by atoms with Crippen LogP contribution >= 0.6 is 0 Å². The minimum Gasteiger partial charge on any atom is -0.337 e. The Morgan fingerprint density at radius 1 is 1.24 bits per heavy atom. The molecule has 10 heteroatoms. The number of hydrogen-bond acceptors (Lipinski definition) is 8. The molecule has 2 aliphatic rings. The minimum absolute atomic E-state index is 0.291. The van der Waals surface area contributed by atoms with E-state index in [2.05, 4.69) is 30.2 Å². The van der Waals surface area contributed by atoms with E-state index in [1.54, 1.807) is 24.9 Å². The summed E-state index contributed by atoms with van der Waals surface area (Å²) in [5.74, 6) is 4.49. The molecule has 2 aromatic rings. The van der Waals surface area contributed by atoms with E-state index in [9.17, 15) is 8.42 Å². The highest BCUT2D eigenvalue weighted by molar-refractivity contribution is 7.92. The monoisotopic (exact) mass is 428 g/mol. The molecule has 4 heterocycles. The number of hydrogen-bond donors (Lipinski definition) is 0. The fourth-order valence-corrected chi connectivity index (χ4v) is 5.09. The molecule has 0 aromatic carbocycles. The highest BCUT2D eigenvalue weighted by Crippen LogP contribution is 2.33. The molecule has 2 aromatic heterocycles. The summed E-state index contributed by atoms with van der Waals surface area (Å²) >= 11 is 0. The summed E-state index contributed by atoms with van der Waals surface area (Å²) < 4.78 is 28.8. The van der Waals surface area contributed by atoms with E-state index in [1.165, 1.54) is 0 Å². The molecule has 0 bridgehead atoms. The van der Waals surface area contributed by atoms with Crippen molar-refractivity contribution in [1.82, 2.24) is 19.9 Å². The second kappa shape index (κ2) is 7.65. The largest absolute Gasteiger partial charge is 0.337 e. The van der Waals surface area contributed by atoms with Gasteiger partial charge in [-0.1, -0.05) is 12.0 Å². The van der Waals surface area contributed by atoms with Gasteiger partial charge in [0.05, 0.1) is 22.1 Å². The van der Waals surface area contributed by atoms with Crippen LogP contribution < -0.4 is 4.90 Å². The molecule has 0 aliphatic carbocycles. The van der Waals surface area contributed by atoms with Crippen LogP contribution in [0.25, 0.3) is 5.57 Å². The predicted octanol–water partition coefficient (Wildman–Crippen LogP) is 1.56. The van der Waals surface area contributed by atoms with E-state index in [0.29, 0.717) is 53.3 Å². The van der Waals surface area contributed by atoms with Crippen molar-refractivity contribution in [3.63, 3.8) is 0 Å². The van der Waals surface area contributed by atoms with Gasteiger partial charge < -0.3 is 4.90 Å². The van der Waals surface area contributed by atoms with Crippen LogP contribution in [-0.2, 0) is 26.9 Å². The van der Waals surface area contributed by atoms with E-state index in [0.717, 1.165) is 17.7 Å². The van der Waals surface area contributed by atoms with Crippen LogP contribution in [0.15, 0.2) is 27.7 Å². The van der Waals surface area contributed by atoms with E-state index >= 15 is 0 Å². The van der Waals surface area contributed by atoms with Gasteiger partial charge in [0.1, 0.15) is 4.90 Å². The molecule has 1 atom stereocenters. The first-order valence-corrected chi connectivity index (χ1v) is 12.7. The maximum Gasteiger partial charge on any atom is 0.228 e. The molecule has 4 rings (SSSR count). The molecule has 1 unspecified atom stereocenters. The number of fused-ring (bicyclic) bond motifs is 1. The zero-order chi connectivity index (χ0) is 20.6. The Bertz CT molecular complexity index is 1180. The average molecular weight is 429 g/mol. The number of anilines is 1. The SMILES string of the molecule is C#Cc1cnc(C2=CCN(c3nc4c(c(N=S(C)(C)=O)n3)S(=O)CC4)CC2)nc1. The molecule has 150 valence electrons. The Hall–Kier alpha value is -2.64. The molecule has 0 spiro atoms. The van der Waals surface area contributed by atoms with Crippen molar-refractivity contribution in [2.75, 3.05) is 36.3 Å². The highest BCUT2D eigenvalue weighted by Gasteiger charge is 2.28. The van der Waals surface area contributed by atoms with Crippen molar-refractivity contribution in [3.8, 4) is 12.3 Å². The lowest BCUT2D eigenvalue weighted by Crippen LogP contribution is -2.30. The summed E-state index contributed by atoms with van der Waals surface area (Å²) in [6, 6.07) is 0. The van der Waals surface area contributed by atoms with Crippen molar-refractivity contribution in [2.24, 2.45) is 4.36 Å². The first-order chi connectivity index (χ1) is 13.8. The molecule has 0 radical (unpaired) electrons. The molecular weight excluding hydrogens is 408 g/mol. The first-order valence-electron chi connectivity index (χ1n) is 9.03.